The number of carbonyl (C=O) groups excluding carboxylic acids is 1. The van der Waals surface area contributed by atoms with Crippen LogP contribution in [-0.2, 0) is 4.79 Å². The van der Waals surface area contributed by atoms with Crippen molar-refractivity contribution in [2.24, 2.45) is 0 Å². The van der Waals surface area contributed by atoms with Crippen LogP contribution in [0.2, 0.25) is 0 Å². The van der Waals surface area contributed by atoms with Gasteiger partial charge >= 0.3 is 0 Å². The highest BCUT2D eigenvalue weighted by Gasteiger charge is 2.20. The molecule has 1 saturated heterocycles. The Morgan fingerprint density at radius 3 is 3.00 bits per heavy atom. The minimum atomic E-state index is -0.310. The Morgan fingerprint density at radius 1 is 1.50 bits per heavy atom. The van der Waals surface area contributed by atoms with E-state index in [0.29, 0.717) is 12.1 Å². The summed E-state index contributed by atoms with van der Waals surface area (Å²) in [4.78, 5) is 13.8. The maximum absolute atomic E-state index is 13.4. The van der Waals surface area contributed by atoms with Crippen molar-refractivity contribution in [1.29, 1.82) is 0 Å². The fraction of sp³-hybridized carbons (Fsp3) is 0.357. The molecule has 1 N–H and O–H groups in total. The molecule has 1 unspecified atom stereocenters. The summed E-state index contributed by atoms with van der Waals surface area (Å²) in [5, 5.41) is 3.22. The molecule has 0 radical (unpaired) electrons. The Kier molecular flexibility index (Phi) is 4.10. The second kappa shape index (κ2) is 5.78. The van der Waals surface area contributed by atoms with Crippen molar-refractivity contribution in [3.05, 3.63) is 41.7 Å². The zero-order valence-corrected chi connectivity index (χ0v) is 10.4. The number of halogens is 1. The third-order valence-electron chi connectivity index (χ3n) is 3.10. The van der Waals surface area contributed by atoms with Gasteiger partial charge in [-0.25, -0.2) is 4.39 Å². The molecule has 1 amide bonds. The summed E-state index contributed by atoms with van der Waals surface area (Å²) in [6.07, 6.45) is 2.98. The van der Waals surface area contributed by atoms with Crippen molar-refractivity contribution in [1.82, 2.24) is 10.2 Å². The molecule has 0 aliphatic carbocycles. The molecular formula is C14H17FN2O. The lowest BCUT2D eigenvalue weighted by Crippen LogP contribution is -2.51. The summed E-state index contributed by atoms with van der Waals surface area (Å²) >= 11 is 0. The van der Waals surface area contributed by atoms with Crippen molar-refractivity contribution in [3.63, 3.8) is 0 Å². The number of nitrogens with one attached hydrogen (secondary N) is 1. The van der Waals surface area contributed by atoms with E-state index in [9.17, 15) is 9.18 Å². The monoisotopic (exact) mass is 248 g/mol. The molecule has 1 aromatic rings. The van der Waals surface area contributed by atoms with Gasteiger partial charge in [-0.1, -0.05) is 18.2 Å². The predicted octanol–water partition coefficient (Wildman–Crippen LogP) is 1.66. The van der Waals surface area contributed by atoms with Crippen molar-refractivity contribution in [2.75, 3.05) is 19.6 Å². The van der Waals surface area contributed by atoms with Crippen LogP contribution >= 0.6 is 0 Å². The Balaban J connectivity index is 2.05. The van der Waals surface area contributed by atoms with Crippen LogP contribution in [0.3, 0.4) is 0 Å². The highest BCUT2D eigenvalue weighted by molar-refractivity contribution is 5.92. The van der Waals surface area contributed by atoms with Gasteiger partial charge in [-0.05, 0) is 19.1 Å². The first kappa shape index (κ1) is 12.8. The number of piperazine rings is 1. The highest BCUT2D eigenvalue weighted by Crippen LogP contribution is 2.10. The summed E-state index contributed by atoms with van der Waals surface area (Å²) in [7, 11) is 0. The Morgan fingerprint density at radius 2 is 2.28 bits per heavy atom. The average Bonchev–Trinajstić information content (AvgIpc) is 2.38. The van der Waals surface area contributed by atoms with Crippen LogP contribution in [0.25, 0.3) is 6.08 Å². The number of amides is 1. The molecule has 2 rings (SSSR count). The van der Waals surface area contributed by atoms with Crippen LogP contribution in [-0.4, -0.2) is 36.5 Å². The van der Waals surface area contributed by atoms with Gasteiger partial charge in [0.05, 0.1) is 0 Å². The Bertz CT molecular complexity index is 459. The first-order chi connectivity index (χ1) is 8.68. The Labute approximate surface area is 106 Å². The largest absolute Gasteiger partial charge is 0.334 e. The van der Waals surface area contributed by atoms with Crippen LogP contribution in [0.5, 0.6) is 0 Å². The highest BCUT2D eigenvalue weighted by atomic mass is 19.1. The van der Waals surface area contributed by atoms with E-state index in [1.165, 1.54) is 18.2 Å². The SMILES string of the molecule is CC1CNCCN1C(=O)C=Cc1ccccc1F. The summed E-state index contributed by atoms with van der Waals surface area (Å²) in [5.74, 6) is -0.373. The van der Waals surface area contributed by atoms with Gasteiger partial charge in [0.1, 0.15) is 5.82 Å². The zero-order valence-electron chi connectivity index (χ0n) is 10.4. The zero-order chi connectivity index (χ0) is 13.0. The lowest BCUT2D eigenvalue weighted by molar-refractivity contribution is -0.128. The normalized spacial score (nSPS) is 20.3. The molecule has 1 heterocycles. The van der Waals surface area contributed by atoms with E-state index in [0.717, 1.165) is 13.1 Å². The van der Waals surface area contributed by atoms with Crippen LogP contribution < -0.4 is 5.32 Å². The first-order valence-electron chi connectivity index (χ1n) is 6.12. The van der Waals surface area contributed by atoms with Crippen LogP contribution in [0.4, 0.5) is 4.39 Å². The number of hydrogen-bond donors (Lipinski definition) is 1. The second-order valence-electron chi connectivity index (χ2n) is 4.44. The van der Waals surface area contributed by atoms with E-state index in [-0.39, 0.29) is 17.8 Å². The number of benzene rings is 1. The summed E-state index contributed by atoms with van der Waals surface area (Å²) in [5.41, 5.74) is 0.439. The van der Waals surface area contributed by atoms with Crippen molar-refractivity contribution in [3.8, 4) is 0 Å². The maximum Gasteiger partial charge on any atom is 0.246 e. The summed E-state index contributed by atoms with van der Waals surface area (Å²) in [6, 6.07) is 6.60. The number of rotatable bonds is 2. The van der Waals surface area contributed by atoms with E-state index in [1.807, 2.05) is 6.92 Å². The minimum Gasteiger partial charge on any atom is -0.334 e. The molecule has 1 aromatic carbocycles. The molecule has 18 heavy (non-hydrogen) atoms. The van der Waals surface area contributed by atoms with E-state index in [2.05, 4.69) is 5.32 Å². The number of nitrogens with zero attached hydrogens (tertiary/aromatic N) is 1. The van der Waals surface area contributed by atoms with Gasteiger partial charge in [0, 0.05) is 37.3 Å². The molecule has 1 atom stereocenters. The first-order valence-corrected chi connectivity index (χ1v) is 6.12. The molecule has 0 aromatic heterocycles. The molecule has 96 valence electrons. The third kappa shape index (κ3) is 2.96. The van der Waals surface area contributed by atoms with Gasteiger partial charge in [0.25, 0.3) is 0 Å². The van der Waals surface area contributed by atoms with Crippen LogP contribution in [0.1, 0.15) is 12.5 Å². The van der Waals surface area contributed by atoms with Gasteiger partial charge in [-0.3, -0.25) is 4.79 Å². The molecule has 0 saturated carbocycles. The molecule has 4 heteroatoms. The predicted molar refractivity (Wildman–Crippen MR) is 69.5 cm³/mol. The molecule has 0 spiro atoms. The third-order valence-corrected chi connectivity index (χ3v) is 3.10. The smallest absolute Gasteiger partial charge is 0.246 e. The summed E-state index contributed by atoms with van der Waals surface area (Å²) in [6.45, 7) is 4.31. The van der Waals surface area contributed by atoms with Gasteiger partial charge in [-0.2, -0.15) is 0 Å². The molecule has 3 nitrogen and oxygen atoms in total. The van der Waals surface area contributed by atoms with Crippen molar-refractivity contribution in [2.45, 2.75) is 13.0 Å². The lowest BCUT2D eigenvalue weighted by Gasteiger charge is -2.33. The lowest BCUT2D eigenvalue weighted by atomic mass is 10.1. The van der Waals surface area contributed by atoms with Gasteiger partial charge in [-0.15, -0.1) is 0 Å². The number of carbonyl (C=O) groups is 1. The van der Waals surface area contributed by atoms with E-state index in [1.54, 1.807) is 23.1 Å². The molecular weight excluding hydrogens is 231 g/mol. The van der Waals surface area contributed by atoms with E-state index < -0.39 is 0 Å². The topological polar surface area (TPSA) is 32.3 Å². The fourth-order valence-corrected chi connectivity index (χ4v) is 2.04. The molecule has 1 fully saturated rings. The van der Waals surface area contributed by atoms with Gasteiger partial charge in [0.15, 0.2) is 0 Å². The van der Waals surface area contributed by atoms with Gasteiger partial charge in [0.2, 0.25) is 5.91 Å². The van der Waals surface area contributed by atoms with E-state index >= 15 is 0 Å². The van der Waals surface area contributed by atoms with Crippen molar-refractivity contribution >= 4 is 12.0 Å². The fourth-order valence-electron chi connectivity index (χ4n) is 2.04. The standard InChI is InChI=1S/C14H17FN2O/c1-11-10-16-8-9-17(11)14(18)7-6-12-4-2-3-5-13(12)15/h2-7,11,16H,8-10H2,1H3. The Hall–Kier alpha value is -1.68. The van der Waals surface area contributed by atoms with E-state index in [4.69, 9.17) is 0 Å². The molecule has 1 aliphatic heterocycles. The quantitative estimate of drug-likeness (QED) is 0.807. The van der Waals surface area contributed by atoms with Gasteiger partial charge < -0.3 is 10.2 Å². The number of hydrogen-bond acceptors (Lipinski definition) is 2. The van der Waals surface area contributed by atoms with Crippen LogP contribution in [0, 0.1) is 5.82 Å². The van der Waals surface area contributed by atoms with Crippen molar-refractivity contribution < 1.29 is 9.18 Å². The minimum absolute atomic E-state index is 0.0627. The maximum atomic E-state index is 13.4. The molecule has 1 aliphatic rings. The van der Waals surface area contributed by atoms with Crippen LogP contribution in [0.15, 0.2) is 30.3 Å². The molecule has 0 bridgehead atoms. The average molecular weight is 248 g/mol. The second-order valence-corrected chi connectivity index (χ2v) is 4.44. The summed E-state index contributed by atoms with van der Waals surface area (Å²) < 4.78 is 13.4.